The molecule has 0 saturated carbocycles. The Labute approximate surface area is 72.6 Å². The molecule has 2 unspecified atom stereocenters. The topological polar surface area (TPSA) is 50.7 Å². The van der Waals surface area contributed by atoms with Crippen molar-refractivity contribution < 1.29 is 27.9 Å². The summed E-state index contributed by atoms with van der Waals surface area (Å²) in [7, 11) is 0. The molecule has 0 bridgehead atoms. The van der Waals surface area contributed by atoms with Gasteiger partial charge in [0.2, 0.25) is 0 Å². The van der Waals surface area contributed by atoms with Crippen LogP contribution in [0.15, 0.2) is 0 Å². The molecule has 0 spiro atoms. The van der Waals surface area contributed by atoms with Crippen molar-refractivity contribution in [1.29, 1.82) is 0 Å². The Morgan fingerprint density at radius 2 is 2.15 bits per heavy atom. The maximum Gasteiger partial charge on any atom is 0.413 e. The highest BCUT2D eigenvalue weighted by atomic mass is 19.4. The minimum Gasteiger partial charge on any atom is -0.389 e. The van der Waals surface area contributed by atoms with E-state index in [2.05, 4.69) is 10.3 Å². The average Bonchev–Trinajstić information content (AvgIpc) is 2.34. The normalized spacial score (nSPS) is 29.5. The molecular weight excluding hydrogens is 191 g/mol. The maximum atomic E-state index is 11.6. The van der Waals surface area contributed by atoms with Gasteiger partial charge in [-0.3, -0.25) is 4.84 Å². The average molecular weight is 201 g/mol. The molecule has 7 heteroatoms. The lowest BCUT2D eigenvalue weighted by molar-refractivity contribution is -0.194. The van der Waals surface area contributed by atoms with Gasteiger partial charge < -0.3 is 9.84 Å². The maximum absolute atomic E-state index is 11.6. The number of hydrogen-bond acceptors (Lipinski definition) is 4. The first-order valence-corrected chi connectivity index (χ1v) is 3.69. The van der Waals surface area contributed by atoms with E-state index < -0.39 is 24.9 Å². The van der Waals surface area contributed by atoms with Crippen LogP contribution in [-0.4, -0.2) is 43.2 Å². The predicted molar refractivity (Wildman–Crippen MR) is 35.8 cm³/mol. The van der Waals surface area contributed by atoms with Crippen LogP contribution >= 0.6 is 0 Å². The van der Waals surface area contributed by atoms with E-state index in [0.717, 1.165) is 0 Å². The zero-order valence-electron chi connectivity index (χ0n) is 6.67. The molecule has 4 nitrogen and oxygen atoms in total. The second kappa shape index (κ2) is 4.23. The zero-order valence-corrected chi connectivity index (χ0v) is 6.67. The minimum atomic E-state index is -4.36. The summed E-state index contributed by atoms with van der Waals surface area (Å²) in [6.07, 6.45) is -5.18. The Morgan fingerprint density at radius 1 is 1.46 bits per heavy atom. The van der Waals surface area contributed by atoms with Gasteiger partial charge in [0.15, 0.2) is 6.61 Å². The van der Waals surface area contributed by atoms with Gasteiger partial charge in [-0.25, -0.2) is 0 Å². The van der Waals surface area contributed by atoms with Crippen molar-refractivity contribution in [2.45, 2.75) is 18.3 Å². The molecule has 0 aromatic heterocycles. The Balaban J connectivity index is 2.12. The quantitative estimate of drug-likeness (QED) is 0.622. The molecular formula is C6H10F3NO3. The third-order valence-electron chi connectivity index (χ3n) is 1.52. The van der Waals surface area contributed by atoms with E-state index in [4.69, 9.17) is 9.84 Å². The van der Waals surface area contributed by atoms with Gasteiger partial charge in [0, 0.05) is 0 Å². The second-order valence-electron chi connectivity index (χ2n) is 2.73. The summed E-state index contributed by atoms with van der Waals surface area (Å²) in [6, 6.07) is -0.581. The van der Waals surface area contributed by atoms with Gasteiger partial charge in [-0.15, -0.1) is 0 Å². The molecule has 2 atom stereocenters. The van der Waals surface area contributed by atoms with Gasteiger partial charge in [-0.05, 0) is 0 Å². The molecule has 13 heavy (non-hydrogen) atoms. The van der Waals surface area contributed by atoms with Crippen LogP contribution in [0.2, 0.25) is 0 Å². The number of aliphatic hydroxyl groups is 1. The molecule has 0 aromatic carbocycles. The van der Waals surface area contributed by atoms with Crippen molar-refractivity contribution in [3.63, 3.8) is 0 Å². The van der Waals surface area contributed by atoms with Gasteiger partial charge in [-0.2, -0.15) is 18.7 Å². The number of hydroxylamine groups is 1. The molecule has 0 amide bonds. The third kappa shape index (κ3) is 3.90. The van der Waals surface area contributed by atoms with E-state index >= 15 is 0 Å². The smallest absolute Gasteiger partial charge is 0.389 e. The standard InChI is InChI=1S/C6H10F3NO3/c7-6(8,9)3-13-10-4-1-12-2-5(4)11/h4-5,10-11H,1-3H2. The van der Waals surface area contributed by atoms with Crippen LogP contribution in [0.4, 0.5) is 13.2 Å². The number of halogens is 3. The molecule has 1 aliphatic rings. The number of hydrogen-bond donors (Lipinski definition) is 2. The molecule has 78 valence electrons. The van der Waals surface area contributed by atoms with Gasteiger partial charge in [0.05, 0.1) is 25.4 Å². The third-order valence-corrected chi connectivity index (χ3v) is 1.52. The molecule has 1 heterocycles. The van der Waals surface area contributed by atoms with Crippen molar-refractivity contribution in [1.82, 2.24) is 5.48 Å². The highest BCUT2D eigenvalue weighted by Gasteiger charge is 2.30. The van der Waals surface area contributed by atoms with Crippen molar-refractivity contribution in [2.24, 2.45) is 0 Å². The van der Waals surface area contributed by atoms with Crippen molar-refractivity contribution in [2.75, 3.05) is 19.8 Å². The summed E-state index contributed by atoms with van der Waals surface area (Å²) in [5.74, 6) is 0. The number of aliphatic hydroxyl groups excluding tert-OH is 1. The summed E-state index contributed by atoms with van der Waals surface area (Å²) in [4.78, 5) is 4.14. The van der Waals surface area contributed by atoms with E-state index in [-0.39, 0.29) is 13.2 Å². The number of ether oxygens (including phenoxy) is 1. The van der Waals surface area contributed by atoms with Crippen LogP contribution in [0.5, 0.6) is 0 Å². The molecule has 2 N–H and O–H groups in total. The second-order valence-corrected chi connectivity index (χ2v) is 2.73. The van der Waals surface area contributed by atoms with Gasteiger partial charge >= 0.3 is 6.18 Å². The van der Waals surface area contributed by atoms with Crippen molar-refractivity contribution in [3.05, 3.63) is 0 Å². The molecule has 1 fully saturated rings. The fourth-order valence-corrected chi connectivity index (χ4v) is 0.886. The zero-order chi connectivity index (χ0) is 9.90. The number of rotatable bonds is 3. The molecule has 0 radical (unpaired) electrons. The van der Waals surface area contributed by atoms with Crippen LogP contribution < -0.4 is 5.48 Å². The lowest BCUT2D eigenvalue weighted by atomic mass is 10.2. The first-order chi connectivity index (χ1) is 5.99. The molecule has 1 rings (SSSR count). The Kier molecular flexibility index (Phi) is 3.48. The SMILES string of the molecule is OC1COCC1NOCC(F)(F)F. The predicted octanol–water partition coefficient (Wildman–Crippen LogP) is -0.170. The number of alkyl halides is 3. The van der Waals surface area contributed by atoms with Crippen molar-refractivity contribution >= 4 is 0 Å². The largest absolute Gasteiger partial charge is 0.413 e. The van der Waals surface area contributed by atoms with Gasteiger partial charge in [-0.1, -0.05) is 0 Å². The minimum absolute atomic E-state index is 0.118. The Bertz CT molecular complexity index is 164. The Morgan fingerprint density at radius 3 is 2.62 bits per heavy atom. The van der Waals surface area contributed by atoms with E-state index in [0.29, 0.717) is 0 Å². The molecule has 0 aliphatic carbocycles. The summed E-state index contributed by atoms with van der Waals surface area (Å²) >= 11 is 0. The fourth-order valence-electron chi connectivity index (χ4n) is 0.886. The molecule has 1 saturated heterocycles. The number of nitrogens with one attached hydrogen (secondary N) is 1. The highest BCUT2D eigenvalue weighted by Crippen LogP contribution is 2.14. The van der Waals surface area contributed by atoms with Gasteiger partial charge in [0.1, 0.15) is 0 Å². The van der Waals surface area contributed by atoms with Crippen LogP contribution in [0.3, 0.4) is 0 Å². The summed E-state index contributed by atoms with van der Waals surface area (Å²) < 4.78 is 39.5. The van der Waals surface area contributed by atoms with Crippen molar-refractivity contribution in [3.8, 4) is 0 Å². The van der Waals surface area contributed by atoms with Crippen LogP contribution in [0.25, 0.3) is 0 Å². The summed E-state index contributed by atoms with van der Waals surface area (Å²) in [5, 5.41) is 9.07. The van der Waals surface area contributed by atoms with E-state index in [1.807, 2.05) is 0 Å². The van der Waals surface area contributed by atoms with Crippen LogP contribution in [-0.2, 0) is 9.57 Å². The van der Waals surface area contributed by atoms with Crippen LogP contribution in [0.1, 0.15) is 0 Å². The Hall–Kier alpha value is -0.370. The first-order valence-electron chi connectivity index (χ1n) is 3.69. The van der Waals surface area contributed by atoms with E-state index in [9.17, 15) is 13.2 Å². The summed E-state index contributed by atoms with van der Waals surface area (Å²) in [5.41, 5.74) is 2.09. The highest BCUT2D eigenvalue weighted by molar-refractivity contribution is 4.77. The lowest BCUT2D eigenvalue weighted by Gasteiger charge is -2.14. The molecule has 1 aliphatic heterocycles. The summed E-state index contributed by atoms with van der Waals surface area (Å²) in [6.45, 7) is -1.11. The van der Waals surface area contributed by atoms with Crippen LogP contribution in [0, 0.1) is 0 Å². The van der Waals surface area contributed by atoms with E-state index in [1.165, 1.54) is 0 Å². The molecule has 0 aromatic rings. The first kappa shape index (κ1) is 10.7. The fraction of sp³-hybridized carbons (Fsp3) is 1.00. The van der Waals surface area contributed by atoms with E-state index in [1.54, 1.807) is 0 Å². The lowest BCUT2D eigenvalue weighted by Crippen LogP contribution is -2.40. The monoisotopic (exact) mass is 201 g/mol. The van der Waals surface area contributed by atoms with Gasteiger partial charge in [0.25, 0.3) is 0 Å².